The first-order valence-corrected chi connectivity index (χ1v) is 10.4. The van der Waals surface area contributed by atoms with E-state index in [4.69, 9.17) is 0 Å². The summed E-state index contributed by atoms with van der Waals surface area (Å²) >= 11 is 0. The summed E-state index contributed by atoms with van der Waals surface area (Å²) in [4.78, 5) is 19.5. The first kappa shape index (κ1) is 19.9. The van der Waals surface area contributed by atoms with Crippen LogP contribution in [0.25, 0.3) is 16.5 Å². The van der Waals surface area contributed by atoms with Crippen LogP contribution in [0.5, 0.6) is 0 Å². The molecule has 0 saturated carbocycles. The molecule has 4 aromatic rings. The lowest BCUT2D eigenvalue weighted by Crippen LogP contribution is -2.23. The smallest absolute Gasteiger partial charge is 0.256 e. The molecule has 7 heteroatoms. The van der Waals surface area contributed by atoms with Crippen LogP contribution >= 0.6 is 0 Å². The number of fused-ring (bicyclic) bond motifs is 1. The molecule has 3 aromatic carbocycles. The van der Waals surface area contributed by atoms with Gasteiger partial charge < -0.3 is 10.2 Å². The summed E-state index contributed by atoms with van der Waals surface area (Å²) < 4.78 is 16.3. The van der Waals surface area contributed by atoms with Gasteiger partial charge in [0.15, 0.2) is 0 Å². The largest absolute Gasteiger partial charge is 0.358 e. The summed E-state index contributed by atoms with van der Waals surface area (Å²) in [6.45, 7) is 3.48. The minimum Gasteiger partial charge on any atom is -0.358 e. The third kappa shape index (κ3) is 3.62. The maximum Gasteiger partial charge on any atom is 0.256 e. The highest BCUT2D eigenvalue weighted by molar-refractivity contribution is 6.05. The lowest BCUT2D eigenvalue weighted by molar-refractivity contribution is 0.102. The molecule has 0 aliphatic carbocycles. The Bertz CT molecular complexity index is 1360. The lowest BCUT2D eigenvalue weighted by atomic mass is 10.1. The number of likely N-dealkylation sites (N-methyl/N-ethyl adjacent to an activating group) is 1. The Labute approximate surface area is 185 Å². The van der Waals surface area contributed by atoms with Crippen molar-refractivity contribution >= 4 is 28.3 Å². The van der Waals surface area contributed by atoms with Crippen molar-refractivity contribution in [2.24, 2.45) is 4.99 Å². The summed E-state index contributed by atoms with van der Waals surface area (Å²) in [5.41, 5.74) is 2.43. The van der Waals surface area contributed by atoms with Gasteiger partial charge in [-0.2, -0.15) is 5.10 Å². The number of carbonyl (C=O) groups excluding carboxylic acids is 1. The molecule has 0 fully saturated rings. The van der Waals surface area contributed by atoms with E-state index in [0.29, 0.717) is 17.1 Å². The zero-order valence-electron chi connectivity index (χ0n) is 17.8. The number of nitrogens with one attached hydrogen (secondary N) is 1. The number of halogens is 1. The maximum absolute atomic E-state index is 14.9. The predicted octanol–water partition coefficient (Wildman–Crippen LogP) is 4.42. The number of hydrogen-bond acceptors (Lipinski definition) is 4. The molecule has 0 spiro atoms. The van der Waals surface area contributed by atoms with Gasteiger partial charge in [0.2, 0.25) is 0 Å². The molecule has 1 amide bonds. The number of amides is 1. The van der Waals surface area contributed by atoms with Crippen LogP contribution in [0.4, 0.5) is 10.2 Å². The van der Waals surface area contributed by atoms with Crippen LogP contribution in [0.1, 0.15) is 21.6 Å². The number of anilines is 1. The van der Waals surface area contributed by atoms with Crippen LogP contribution < -0.4 is 5.32 Å². The Morgan fingerprint density at radius 1 is 1.03 bits per heavy atom. The van der Waals surface area contributed by atoms with Crippen molar-refractivity contribution in [3.05, 3.63) is 89.4 Å². The Morgan fingerprint density at radius 3 is 2.44 bits per heavy atom. The fourth-order valence-corrected chi connectivity index (χ4v) is 3.94. The predicted molar refractivity (Wildman–Crippen MR) is 124 cm³/mol. The average Bonchev–Trinajstić information content (AvgIpc) is 3.38. The molecule has 5 rings (SSSR count). The van der Waals surface area contributed by atoms with E-state index >= 15 is 0 Å². The first-order chi connectivity index (χ1) is 15.5. The van der Waals surface area contributed by atoms with Gasteiger partial charge in [-0.15, -0.1) is 0 Å². The monoisotopic (exact) mass is 427 g/mol. The molecule has 0 radical (unpaired) electrons. The van der Waals surface area contributed by atoms with E-state index < -0.39 is 5.82 Å². The molecule has 6 nitrogen and oxygen atoms in total. The van der Waals surface area contributed by atoms with Gasteiger partial charge in [-0.3, -0.25) is 9.79 Å². The summed E-state index contributed by atoms with van der Waals surface area (Å²) in [6, 6.07) is 19.8. The van der Waals surface area contributed by atoms with E-state index in [0.717, 1.165) is 35.3 Å². The number of hydrogen-bond donors (Lipinski definition) is 1. The average molecular weight is 427 g/mol. The number of carbonyl (C=O) groups is 1. The normalized spacial score (nSPS) is 13.5. The Hall–Kier alpha value is -4.00. The zero-order valence-corrected chi connectivity index (χ0v) is 17.8. The molecule has 0 unspecified atom stereocenters. The van der Waals surface area contributed by atoms with Crippen LogP contribution in [0, 0.1) is 12.7 Å². The summed E-state index contributed by atoms with van der Waals surface area (Å²) in [5.74, 6) is 0.636. The van der Waals surface area contributed by atoms with Crippen molar-refractivity contribution in [2.45, 2.75) is 6.92 Å². The number of rotatable bonds is 4. The molecular formula is C25H22FN5O. The van der Waals surface area contributed by atoms with Gasteiger partial charge in [0, 0.05) is 30.8 Å². The van der Waals surface area contributed by atoms with Gasteiger partial charge >= 0.3 is 0 Å². The van der Waals surface area contributed by atoms with Gasteiger partial charge in [-0.05, 0) is 42.0 Å². The van der Waals surface area contributed by atoms with Crippen molar-refractivity contribution < 1.29 is 9.18 Å². The van der Waals surface area contributed by atoms with Crippen molar-refractivity contribution in [3.8, 4) is 5.69 Å². The molecule has 1 N–H and O–H groups in total. The molecular weight excluding hydrogens is 405 g/mol. The number of aryl methyl sites for hydroxylation is 1. The van der Waals surface area contributed by atoms with Gasteiger partial charge in [0.1, 0.15) is 23.2 Å². The number of benzene rings is 3. The van der Waals surface area contributed by atoms with Gasteiger partial charge in [-0.1, -0.05) is 36.4 Å². The molecule has 1 aliphatic heterocycles. The Kier molecular flexibility index (Phi) is 4.93. The molecule has 160 valence electrons. The van der Waals surface area contributed by atoms with Crippen molar-refractivity contribution in [1.82, 2.24) is 14.7 Å². The molecule has 2 heterocycles. The topological polar surface area (TPSA) is 62.5 Å². The van der Waals surface area contributed by atoms with Crippen molar-refractivity contribution in [1.29, 1.82) is 0 Å². The zero-order chi connectivity index (χ0) is 22.2. The highest BCUT2D eigenvalue weighted by atomic mass is 19.1. The van der Waals surface area contributed by atoms with E-state index in [1.54, 1.807) is 31.2 Å². The van der Waals surface area contributed by atoms with E-state index in [1.807, 2.05) is 43.4 Å². The lowest BCUT2D eigenvalue weighted by Gasteiger charge is -2.14. The van der Waals surface area contributed by atoms with Crippen molar-refractivity contribution in [3.63, 3.8) is 0 Å². The minimum absolute atomic E-state index is 0.282. The van der Waals surface area contributed by atoms with Crippen LogP contribution in [-0.4, -0.2) is 46.6 Å². The fraction of sp³-hybridized carbons (Fsp3) is 0.160. The van der Waals surface area contributed by atoms with Gasteiger partial charge in [0.05, 0.1) is 12.2 Å². The molecule has 1 aliphatic rings. The third-order valence-corrected chi connectivity index (χ3v) is 5.58. The fourth-order valence-electron chi connectivity index (χ4n) is 3.94. The van der Waals surface area contributed by atoms with Crippen LogP contribution in [0.3, 0.4) is 0 Å². The number of amidine groups is 1. The Balaban J connectivity index is 1.43. The standard InChI is InChI=1S/C25H22FN5O/c1-16-13-23(31(29-16)22-15-20-6-4-3-5-19(20)14-21(22)26)28-25(32)18-9-7-17(8-10-18)24-27-11-12-30(24)2/h3-10,13-15H,11-12H2,1-2H3,(H,28,32). The highest BCUT2D eigenvalue weighted by Crippen LogP contribution is 2.25. The maximum atomic E-state index is 14.9. The number of aliphatic imine (C=N–C) groups is 1. The van der Waals surface area contributed by atoms with Gasteiger partial charge in [0.25, 0.3) is 5.91 Å². The SMILES string of the molecule is Cc1cc(NC(=O)c2ccc(C3=NCCN3C)cc2)n(-c2cc3ccccc3cc2F)n1. The molecule has 0 saturated heterocycles. The van der Waals surface area contributed by atoms with E-state index in [-0.39, 0.29) is 11.6 Å². The summed E-state index contributed by atoms with van der Waals surface area (Å²) in [7, 11) is 2.00. The van der Waals surface area contributed by atoms with Gasteiger partial charge in [-0.25, -0.2) is 9.07 Å². The quantitative estimate of drug-likeness (QED) is 0.525. The number of aromatic nitrogens is 2. The van der Waals surface area contributed by atoms with E-state index in [9.17, 15) is 9.18 Å². The van der Waals surface area contributed by atoms with E-state index in [2.05, 4.69) is 20.3 Å². The third-order valence-electron chi connectivity index (χ3n) is 5.58. The second-order valence-electron chi connectivity index (χ2n) is 7.89. The number of nitrogens with zero attached hydrogens (tertiary/aromatic N) is 4. The summed E-state index contributed by atoms with van der Waals surface area (Å²) in [5, 5.41) is 8.98. The minimum atomic E-state index is -0.409. The van der Waals surface area contributed by atoms with E-state index in [1.165, 1.54) is 10.7 Å². The van der Waals surface area contributed by atoms with Crippen LogP contribution in [-0.2, 0) is 0 Å². The summed E-state index contributed by atoms with van der Waals surface area (Å²) in [6.07, 6.45) is 0. The van der Waals surface area contributed by atoms with Crippen LogP contribution in [0.15, 0.2) is 71.7 Å². The molecule has 0 bridgehead atoms. The van der Waals surface area contributed by atoms with Crippen molar-refractivity contribution in [2.75, 3.05) is 25.5 Å². The molecule has 1 aromatic heterocycles. The Morgan fingerprint density at radius 2 is 1.75 bits per heavy atom. The van der Waals surface area contributed by atoms with Crippen LogP contribution in [0.2, 0.25) is 0 Å². The molecule has 32 heavy (non-hydrogen) atoms. The highest BCUT2D eigenvalue weighted by Gasteiger charge is 2.18. The molecule has 0 atom stereocenters. The second-order valence-corrected chi connectivity index (χ2v) is 7.89. The second kappa shape index (κ2) is 7.92. The first-order valence-electron chi connectivity index (χ1n) is 10.4.